The van der Waals surface area contributed by atoms with E-state index >= 15 is 0 Å². The number of oxazole rings is 1. The molecule has 2 aromatic heterocycles. The van der Waals surface area contributed by atoms with Gasteiger partial charge in [-0.25, -0.2) is 0 Å². The summed E-state index contributed by atoms with van der Waals surface area (Å²) < 4.78 is 10.4. The molecule has 0 saturated heterocycles. The van der Waals surface area contributed by atoms with E-state index in [2.05, 4.69) is 4.98 Å². The first-order valence-electron chi connectivity index (χ1n) is 4.83. The number of aliphatic hydroxyl groups is 2. The highest BCUT2D eigenvalue weighted by molar-refractivity contribution is 5.73. The predicted octanol–water partition coefficient (Wildman–Crippen LogP) is 0.140. The summed E-state index contributed by atoms with van der Waals surface area (Å²) in [6.07, 6.45) is -0.778. The summed E-state index contributed by atoms with van der Waals surface area (Å²) in [4.78, 5) is 5.29. The Labute approximate surface area is 91.1 Å². The molecule has 2 aromatic rings. The van der Waals surface area contributed by atoms with E-state index in [0.29, 0.717) is 11.5 Å². The number of aliphatic hydroxyl groups excluding tert-OH is 2. The summed E-state index contributed by atoms with van der Waals surface area (Å²) in [7, 11) is 0. The standard InChI is InChI=1S/C9H13N3O4/c1-5(14)12(2-3-13)7-4-6-8(16-7)11-9(10)15-6/h4-5,13-14H,2-3H2,1H3,(H2,10,11). The van der Waals surface area contributed by atoms with E-state index in [-0.39, 0.29) is 24.9 Å². The summed E-state index contributed by atoms with van der Waals surface area (Å²) in [6.45, 7) is 1.73. The minimum atomic E-state index is -0.778. The Kier molecular flexibility index (Phi) is 2.71. The first-order chi connectivity index (χ1) is 7.61. The number of rotatable bonds is 4. The van der Waals surface area contributed by atoms with Crippen molar-refractivity contribution in [3.63, 3.8) is 0 Å². The predicted molar refractivity (Wildman–Crippen MR) is 56.8 cm³/mol. The lowest BCUT2D eigenvalue weighted by molar-refractivity contribution is 0.172. The Bertz CT molecular complexity index is 445. The number of hydrogen-bond acceptors (Lipinski definition) is 7. The van der Waals surface area contributed by atoms with E-state index in [9.17, 15) is 5.11 Å². The number of hydrogen-bond donors (Lipinski definition) is 3. The van der Waals surface area contributed by atoms with Gasteiger partial charge in [0.25, 0.3) is 11.7 Å². The summed E-state index contributed by atoms with van der Waals surface area (Å²) in [5, 5.41) is 18.4. The van der Waals surface area contributed by atoms with Gasteiger partial charge in [-0.3, -0.25) is 0 Å². The zero-order valence-corrected chi connectivity index (χ0v) is 8.75. The Balaban J connectivity index is 2.33. The molecule has 88 valence electrons. The largest absolute Gasteiger partial charge is 0.420 e. The fourth-order valence-electron chi connectivity index (χ4n) is 1.47. The van der Waals surface area contributed by atoms with Crippen molar-refractivity contribution in [3.05, 3.63) is 6.07 Å². The molecule has 0 aliphatic carbocycles. The third-order valence-electron chi connectivity index (χ3n) is 2.17. The maximum Gasteiger partial charge on any atom is 0.295 e. The molecule has 7 nitrogen and oxygen atoms in total. The lowest BCUT2D eigenvalue weighted by Crippen LogP contribution is -2.34. The monoisotopic (exact) mass is 227 g/mol. The van der Waals surface area contributed by atoms with Gasteiger partial charge in [-0.05, 0) is 6.92 Å². The average molecular weight is 227 g/mol. The van der Waals surface area contributed by atoms with Crippen molar-refractivity contribution in [3.8, 4) is 0 Å². The van der Waals surface area contributed by atoms with Gasteiger partial charge in [-0.1, -0.05) is 0 Å². The first-order valence-corrected chi connectivity index (χ1v) is 4.83. The van der Waals surface area contributed by atoms with Crippen LogP contribution in [0.4, 0.5) is 11.9 Å². The molecule has 1 unspecified atom stereocenters. The summed E-state index contributed by atoms with van der Waals surface area (Å²) in [5.74, 6) is 0.380. The second-order valence-electron chi connectivity index (χ2n) is 3.36. The molecule has 1 atom stereocenters. The van der Waals surface area contributed by atoms with Gasteiger partial charge in [0.05, 0.1) is 6.61 Å². The zero-order valence-electron chi connectivity index (χ0n) is 8.75. The van der Waals surface area contributed by atoms with Gasteiger partial charge in [-0.2, -0.15) is 4.98 Å². The second kappa shape index (κ2) is 4.03. The maximum absolute atomic E-state index is 9.49. The summed E-state index contributed by atoms with van der Waals surface area (Å²) in [6, 6.07) is 1.60. The van der Waals surface area contributed by atoms with Crippen molar-refractivity contribution >= 4 is 23.2 Å². The SMILES string of the molecule is CC(O)N(CCO)c1cc2oc(N)nc2o1. The van der Waals surface area contributed by atoms with Gasteiger partial charge in [0.15, 0.2) is 5.58 Å². The topological polar surface area (TPSA) is 109 Å². The van der Waals surface area contributed by atoms with Crippen molar-refractivity contribution < 1.29 is 19.0 Å². The van der Waals surface area contributed by atoms with Crippen LogP contribution in [0.3, 0.4) is 0 Å². The van der Waals surface area contributed by atoms with Crippen LogP contribution in [0.15, 0.2) is 14.9 Å². The van der Waals surface area contributed by atoms with Crippen molar-refractivity contribution in [1.82, 2.24) is 4.98 Å². The number of nitrogens with zero attached hydrogens (tertiary/aromatic N) is 2. The van der Waals surface area contributed by atoms with Gasteiger partial charge in [0, 0.05) is 12.6 Å². The number of nitrogens with two attached hydrogens (primary N) is 1. The fourth-order valence-corrected chi connectivity index (χ4v) is 1.47. The van der Waals surface area contributed by atoms with Crippen LogP contribution in [-0.2, 0) is 0 Å². The van der Waals surface area contributed by atoms with Crippen LogP contribution >= 0.6 is 0 Å². The molecule has 7 heteroatoms. The molecule has 0 aromatic carbocycles. The maximum atomic E-state index is 9.49. The van der Waals surface area contributed by atoms with E-state index in [0.717, 1.165) is 0 Å². The highest BCUT2D eigenvalue weighted by Gasteiger charge is 2.18. The Morgan fingerprint density at radius 3 is 2.88 bits per heavy atom. The van der Waals surface area contributed by atoms with Crippen LogP contribution in [0, 0.1) is 0 Å². The Morgan fingerprint density at radius 2 is 2.31 bits per heavy atom. The Morgan fingerprint density at radius 1 is 1.56 bits per heavy atom. The third kappa shape index (κ3) is 1.82. The molecule has 16 heavy (non-hydrogen) atoms. The van der Waals surface area contributed by atoms with E-state index in [1.807, 2.05) is 0 Å². The summed E-state index contributed by atoms with van der Waals surface area (Å²) in [5.41, 5.74) is 6.03. The normalized spacial score (nSPS) is 13.2. The summed E-state index contributed by atoms with van der Waals surface area (Å²) >= 11 is 0. The van der Waals surface area contributed by atoms with Gasteiger partial charge in [0.2, 0.25) is 5.88 Å². The molecule has 4 N–H and O–H groups in total. The van der Waals surface area contributed by atoms with E-state index in [1.165, 1.54) is 4.90 Å². The number of nitrogen functional groups attached to an aromatic ring is 1. The first kappa shape index (κ1) is 10.8. The third-order valence-corrected chi connectivity index (χ3v) is 2.17. The molecule has 0 fully saturated rings. The number of furan rings is 1. The zero-order chi connectivity index (χ0) is 11.7. The van der Waals surface area contributed by atoms with Gasteiger partial charge in [-0.15, -0.1) is 0 Å². The van der Waals surface area contributed by atoms with Crippen LogP contribution in [-0.4, -0.2) is 34.6 Å². The molecule has 0 aliphatic heterocycles. The quantitative estimate of drug-likeness (QED) is 0.637. The number of aromatic nitrogens is 1. The minimum absolute atomic E-state index is 0.0334. The van der Waals surface area contributed by atoms with Crippen LogP contribution < -0.4 is 10.6 Å². The molecular formula is C9H13N3O4. The molecule has 0 radical (unpaired) electrons. The molecule has 0 saturated carbocycles. The lowest BCUT2D eigenvalue weighted by atomic mass is 10.4. The van der Waals surface area contributed by atoms with Gasteiger partial charge < -0.3 is 29.7 Å². The van der Waals surface area contributed by atoms with Crippen molar-refractivity contribution in [2.45, 2.75) is 13.2 Å². The van der Waals surface area contributed by atoms with E-state index in [4.69, 9.17) is 19.7 Å². The lowest BCUT2D eigenvalue weighted by Gasteiger charge is -2.23. The average Bonchev–Trinajstić information content (AvgIpc) is 2.70. The van der Waals surface area contributed by atoms with Crippen molar-refractivity contribution in [2.24, 2.45) is 0 Å². The van der Waals surface area contributed by atoms with E-state index < -0.39 is 6.23 Å². The smallest absolute Gasteiger partial charge is 0.295 e. The van der Waals surface area contributed by atoms with Gasteiger partial charge >= 0.3 is 0 Å². The molecule has 2 heterocycles. The van der Waals surface area contributed by atoms with Crippen LogP contribution in [0.25, 0.3) is 11.3 Å². The van der Waals surface area contributed by atoms with Crippen molar-refractivity contribution in [1.29, 1.82) is 0 Å². The molecule has 0 spiro atoms. The minimum Gasteiger partial charge on any atom is -0.420 e. The highest BCUT2D eigenvalue weighted by Crippen LogP contribution is 2.27. The van der Waals surface area contributed by atoms with E-state index in [1.54, 1.807) is 13.0 Å². The number of fused-ring (bicyclic) bond motifs is 1. The Hall–Kier alpha value is -1.73. The van der Waals surface area contributed by atoms with Crippen LogP contribution in [0.1, 0.15) is 6.92 Å². The molecule has 2 rings (SSSR count). The molecular weight excluding hydrogens is 214 g/mol. The molecule has 0 aliphatic rings. The second-order valence-corrected chi connectivity index (χ2v) is 3.36. The molecule has 0 bridgehead atoms. The fraction of sp³-hybridized carbons (Fsp3) is 0.444. The van der Waals surface area contributed by atoms with Gasteiger partial charge in [0.1, 0.15) is 6.23 Å². The van der Waals surface area contributed by atoms with Crippen molar-refractivity contribution in [2.75, 3.05) is 23.8 Å². The van der Waals surface area contributed by atoms with Crippen LogP contribution in [0.2, 0.25) is 0 Å². The molecule has 0 amide bonds. The highest BCUT2D eigenvalue weighted by atomic mass is 16.4. The van der Waals surface area contributed by atoms with Crippen LogP contribution in [0.5, 0.6) is 0 Å². The number of anilines is 2.